The molecule has 2 aromatic carbocycles. The Labute approximate surface area is 179 Å². The average molecular weight is 397 g/mol. The quantitative estimate of drug-likeness (QED) is 0.569. The fourth-order valence-electron chi connectivity index (χ4n) is 5.00. The number of aromatic amines is 1. The summed E-state index contributed by atoms with van der Waals surface area (Å²) in [5.74, 6) is 1.39. The van der Waals surface area contributed by atoms with Crippen LogP contribution in [0.15, 0.2) is 54.2 Å². The van der Waals surface area contributed by atoms with Gasteiger partial charge in [-0.3, -0.25) is 0 Å². The predicted molar refractivity (Wildman–Crippen MR) is 123 cm³/mol. The standard InChI is InChI=1S/C27H30N3/c1-18-8-5-9-21(14-18)22-10-6-11-23(17-22)30-13-7-12-27(30,4)26-28-24-15-19(2)20(3)16-25(24)29-26/h5-6,8-9,11,14-16,22H,7,10,12-13H2,1-4H3,(H,28,29)/t22?,27-/m0/s1. The zero-order valence-corrected chi connectivity index (χ0v) is 18.4. The number of nitrogens with zero attached hydrogens (tertiary/aromatic N) is 2. The van der Waals surface area contributed by atoms with Gasteiger partial charge in [0.1, 0.15) is 5.82 Å². The van der Waals surface area contributed by atoms with E-state index in [1.807, 2.05) is 0 Å². The lowest BCUT2D eigenvalue weighted by Crippen LogP contribution is -2.39. The molecule has 0 spiro atoms. The summed E-state index contributed by atoms with van der Waals surface area (Å²) in [5, 5.41) is 0. The van der Waals surface area contributed by atoms with Gasteiger partial charge < -0.3 is 9.88 Å². The van der Waals surface area contributed by atoms with Gasteiger partial charge in [-0.2, -0.15) is 0 Å². The van der Waals surface area contributed by atoms with Crippen molar-refractivity contribution in [2.75, 3.05) is 6.54 Å². The molecule has 5 rings (SSSR count). The molecule has 1 unspecified atom stereocenters. The highest BCUT2D eigenvalue weighted by Gasteiger charge is 2.41. The summed E-state index contributed by atoms with van der Waals surface area (Å²) in [4.78, 5) is 11.2. The highest BCUT2D eigenvalue weighted by molar-refractivity contribution is 5.77. The van der Waals surface area contributed by atoms with Crippen LogP contribution in [0.3, 0.4) is 0 Å². The Kier molecular flexibility index (Phi) is 4.57. The largest absolute Gasteiger partial charge is 0.359 e. The van der Waals surface area contributed by atoms with E-state index in [1.165, 1.54) is 34.4 Å². The monoisotopic (exact) mass is 396 g/mol. The van der Waals surface area contributed by atoms with Crippen LogP contribution in [0.25, 0.3) is 11.0 Å². The van der Waals surface area contributed by atoms with Crippen LogP contribution in [0.1, 0.15) is 60.2 Å². The SMILES string of the molecule is Cc1cccc(C2[C]=C(N3CCC[C@@]3(C)c3nc4cc(C)c(C)cc4[nH]3)C=CC2)c1. The summed E-state index contributed by atoms with van der Waals surface area (Å²) in [6.45, 7) is 9.85. The second-order valence-electron chi connectivity index (χ2n) is 9.20. The Balaban J connectivity index is 1.51. The summed E-state index contributed by atoms with van der Waals surface area (Å²) in [5.41, 5.74) is 8.53. The summed E-state index contributed by atoms with van der Waals surface area (Å²) < 4.78 is 0. The van der Waals surface area contributed by atoms with Gasteiger partial charge in [-0.1, -0.05) is 35.9 Å². The van der Waals surface area contributed by atoms with Crippen LogP contribution in [0, 0.1) is 26.8 Å². The first-order valence-corrected chi connectivity index (χ1v) is 11.1. The Morgan fingerprint density at radius 2 is 1.97 bits per heavy atom. The van der Waals surface area contributed by atoms with Crippen molar-refractivity contribution in [2.45, 2.75) is 58.4 Å². The van der Waals surface area contributed by atoms with Crippen LogP contribution in [-0.4, -0.2) is 21.4 Å². The zero-order chi connectivity index (χ0) is 20.9. The molecule has 3 nitrogen and oxygen atoms in total. The number of aromatic nitrogens is 2. The minimum absolute atomic E-state index is 0.137. The Morgan fingerprint density at radius 3 is 2.80 bits per heavy atom. The number of aryl methyl sites for hydroxylation is 3. The van der Waals surface area contributed by atoms with Crippen LogP contribution in [0.2, 0.25) is 0 Å². The van der Waals surface area contributed by atoms with Crippen LogP contribution in [0.4, 0.5) is 0 Å². The van der Waals surface area contributed by atoms with Crippen molar-refractivity contribution < 1.29 is 0 Å². The third-order valence-corrected chi connectivity index (χ3v) is 6.95. The van der Waals surface area contributed by atoms with E-state index < -0.39 is 0 Å². The van der Waals surface area contributed by atoms with Crippen molar-refractivity contribution in [2.24, 2.45) is 0 Å². The highest BCUT2D eigenvalue weighted by Crippen LogP contribution is 2.42. The fraction of sp³-hybridized carbons (Fsp3) is 0.370. The molecule has 1 saturated heterocycles. The molecule has 1 radical (unpaired) electrons. The summed E-state index contributed by atoms with van der Waals surface area (Å²) >= 11 is 0. The molecule has 3 heteroatoms. The molecule has 153 valence electrons. The van der Waals surface area contributed by atoms with Gasteiger partial charge in [-0.25, -0.2) is 4.98 Å². The van der Waals surface area contributed by atoms with E-state index >= 15 is 0 Å². The summed E-state index contributed by atoms with van der Waals surface area (Å²) in [6.07, 6.45) is 11.7. The molecule has 1 aliphatic carbocycles. The van der Waals surface area contributed by atoms with Crippen LogP contribution < -0.4 is 0 Å². The molecule has 1 fully saturated rings. The smallest absolute Gasteiger partial charge is 0.132 e. The number of allylic oxidation sites excluding steroid dienone is 3. The molecule has 3 aromatic rings. The lowest BCUT2D eigenvalue weighted by molar-refractivity contribution is 0.199. The molecule has 2 heterocycles. The molecular weight excluding hydrogens is 366 g/mol. The number of fused-ring (bicyclic) bond motifs is 1. The number of H-pyrrole nitrogens is 1. The minimum Gasteiger partial charge on any atom is -0.359 e. The predicted octanol–water partition coefficient (Wildman–Crippen LogP) is 6.23. The lowest BCUT2D eigenvalue weighted by atomic mass is 9.89. The van der Waals surface area contributed by atoms with Gasteiger partial charge in [0.25, 0.3) is 0 Å². The van der Waals surface area contributed by atoms with Crippen molar-refractivity contribution in [3.8, 4) is 0 Å². The number of nitrogens with one attached hydrogen (secondary N) is 1. The van der Waals surface area contributed by atoms with E-state index in [2.05, 4.69) is 92.2 Å². The average Bonchev–Trinajstić information content (AvgIpc) is 3.33. The maximum atomic E-state index is 5.04. The third kappa shape index (κ3) is 3.17. The van der Waals surface area contributed by atoms with Crippen molar-refractivity contribution in [1.82, 2.24) is 14.9 Å². The fourth-order valence-corrected chi connectivity index (χ4v) is 5.00. The Bertz CT molecular complexity index is 1130. The first-order chi connectivity index (χ1) is 14.4. The molecule has 1 aromatic heterocycles. The van der Waals surface area contributed by atoms with Gasteiger partial charge in [-0.05, 0) is 87.9 Å². The van der Waals surface area contributed by atoms with Crippen LogP contribution in [-0.2, 0) is 5.54 Å². The first-order valence-electron chi connectivity index (χ1n) is 11.1. The Morgan fingerprint density at radius 1 is 1.13 bits per heavy atom. The number of likely N-dealkylation sites (tertiary alicyclic amines) is 1. The lowest BCUT2D eigenvalue weighted by Gasteiger charge is -2.37. The number of imidazole rings is 1. The normalized spacial score (nSPS) is 23.9. The van der Waals surface area contributed by atoms with E-state index in [1.54, 1.807) is 0 Å². The molecule has 0 bridgehead atoms. The molecule has 1 aliphatic heterocycles. The van der Waals surface area contributed by atoms with E-state index in [0.29, 0.717) is 5.92 Å². The van der Waals surface area contributed by atoms with Gasteiger partial charge in [0.2, 0.25) is 0 Å². The Hall–Kier alpha value is -2.81. The van der Waals surface area contributed by atoms with Gasteiger partial charge in [0.05, 0.1) is 16.6 Å². The summed E-state index contributed by atoms with van der Waals surface area (Å²) in [7, 11) is 0. The zero-order valence-electron chi connectivity index (χ0n) is 18.4. The van der Waals surface area contributed by atoms with Gasteiger partial charge >= 0.3 is 0 Å². The second kappa shape index (κ2) is 7.16. The number of rotatable bonds is 3. The maximum Gasteiger partial charge on any atom is 0.132 e. The minimum atomic E-state index is -0.137. The van der Waals surface area contributed by atoms with Crippen molar-refractivity contribution in [3.63, 3.8) is 0 Å². The van der Waals surface area contributed by atoms with E-state index in [0.717, 1.165) is 36.2 Å². The van der Waals surface area contributed by atoms with Crippen molar-refractivity contribution in [1.29, 1.82) is 0 Å². The number of benzene rings is 2. The molecule has 2 atom stereocenters. The van der Waals surface area contributed by atoms with E-state index in [9.17, 15) is 0 Å². The molecule has 30 heavy (non-hydrogen) atoms. The second-order valence-corrected chi connectivity index (χ2v) is 9.20. The molecule has 0 amide bonds. The first kappa shape index (κ1) is 19.2. The van der Waals surface area contributed by atoms with Gasteiger partial charge in [0.15, 0.2) is 0 Å². The molecule has 0 saturated carbocycles. The third-order valence-electron chi connectivity index (χ3n) is 6.95. The summed E-state index contributed by atoms with van der Waals surface area (Å²) in [6, 6.07) is 13.3. The topological polar surface area (TPSA) is 31.9 Å². The van der Waals surface area contributed by atoms with E-state index in [-0.39, 0.29) is 5.54 Å². The van der Waals surface area contributed by atoms with Gasteiger partial charge in [-0.15, -0.1) is 0 Å². The van der Waals surface area contributed by atoms with Gasteiger partial charge in [0, 0.05) is 18.2 Å². The van der Waals surface area contributed by atoms with E-state index in [4.69, 9.17) is 4.98 Å². The highest BCUT2D eigenvalue weighted by atomic mass is 15.3. The molecule has 1 N–H and O–H groups in total. The number of hydrogen-bond donors (Lipinski definition) is 1. The van der Waals surface area contributed by atoms with Crippen LogP contribution in [0.5, 0.6) is 0 Å². The van der Waals surface area contributed by atoms with Crippen molar-refractivity contribution >= 4 is 11.0 Å². The van der Waals surface area contributed by atoms with Crippen molar-refractivity contribution in [3.05, 3.63) is 88.4 Å². The molecular formula is C27H30N3. The maximum absolute atomic E-state index is 5.04. The molecule has 2 aliphatic rings. The van der Waals surface area contributed by atoms with Crippen LogP contribution >= 0.6 is 0 Å². The number of hydrogen-bond acceptors (Lipinski definition) is 2.